The molecule has 2 rings (SSSR count). The highest BCUT2D eigenvalue weighted by molar-refractivity contribution is 8.01. The summed E-state index contributed by atoms with van der Waals surface area (Å²) in [5.41, 5.74) is 1.94. The number of hydrogen-bond acceptors (Lipinski definition) is 4. The van der Waals surface area contributed by atoms with Gasteiger partial charge >= 0.3 is 0 Å². The van der Waals surface area contributed by atoms with Crippen molar-refractivity contribution in [2.75, 3.05) is 12.8 Å². The van der Waals surface area contributed by atoms with Crippen LogP contribution in [0.3, 0.4) is 0 Å². The van der Waals surface area contributed by atoms with Crippen molar-refractivity contribution in [1.82, 2.24) is 9.88 Å². The van der Waals surface area contributed by atoms with E-state index in [0.29, 0.717) is 22.3 Å². The lowest BCUT2D eigenvalue weighted by atomic mass is 10.2. The summed E-state index contributed by atoms with van der Waals surface area (Å²) in [5, 5.41) is 3.00. The summed E-state index contributed by atoms with van der Waals surface area (Å²) in [4.78, 5) is 18.1. The number of amides is 1. The van der Waals surface area contributed by atoms with Crippen molar-refractivity contribution in [3.05, 3.63) is 44.9 Å². The minimum atomic E-state index is 0.0546. The zero-order valence-corrected chi connectivity index (χ0v) is 14.7. The van der Waals surface area contributed by atoms with Gasteiger partial charge < -0.3 is 4.90 Å². The van der Waals surface area contributed by atoms with Crippen molar-refractivity contribution in [3.8, 4) is 0 Å². The van der Waals surface area contributed by atoms with Crippen molar-refractivity contribution < 1.29 is 4.79 Å². The molecule has 0 saturated heterocycles. The van der Waals surface area contributed by atoms with Gasteiger partial charge in [-0.15, -0.1) is 11.3 Å². The third kappa shape index (κ3) is 4.88. The quantitative estimate of drug-likeness (QED) is 0.735. The van der Waals surface area contributed by atoms with Gasteiger partial charge in [0.05, 0.1) is 15.8 Å². The molecule has 0 radical (unpaired) electrons. The zero-order valence-electron chi connectivity index (χ0n) is 11.6. The maximum atomic E-state index is 12.1. The number of carbonyl (C=O) groups is 1. The summed E-state index contributed by atoms with van der Waals surface area (Å²) in [7, 11) is 1.78. The monoisotopic (exact) mass is 360 g/mol. The summed E-state index contributed by atoms with van der Waals surface area (Å²) in [5.74, 6) is 0.434. The number of carbonyl (C=O) groups excluding carboxylic acids is 1. The molecule has 0 unspecified atom stereocenters. The Labute approximate surface area is 142 Å². The van der Waals surface area contributed by atoms with Gasteiger partial charge in [-0.25, -0.2) is 4.98 Å². The van der Waals surface area contributed by atoms with E-state index < -0.39 is 0 Å². The van der Waals surface area contributed by atoms with Gasteiger partial charge in [0.2, 0.25) is 5.91 Å². The van der Waals surface area contributed by atoms with Gasteiger partial charge in [0, 0.05) is 24.7 Å². The van der Waals surface area contributed by atoms with Crippen molar-refractivity contribution >= 4 is 52.2 Å². The number of rotatable bonds is 5. The van der Waals surface area contributed by atoms with E-state index in [-0.39, 0.29) is 5.91 Å². The van der Waals surface area contributed by atoms with E-state index in [0.717, 1.165) is 15.6 Å². The van der Waals surface area contributed by atoms with Crippen molar-refractivity contribution in [2.24, 2.45) is 0 Å². The minimum Gasteiger partial charge on any atom is -0.341 e. The van der Waals surface area contributed by atoms with Crippen molar-refractivity contribution in [1.29, 1.82) is 0 Å². The van der Waals surface area contributed by atoms with Crippen molar-refractivity contribution in [2.45, 2.75) is 17.8 Å². The first-order valence-electron chi connectivity index (χ1n) is 6.18. The van der Waals surface area contributed by atoms with Crippen LogP contribution in [0.15, 0.2) is 27.9 Å². The smallest absolute Gasteiger partial charge is 0.233 e. The number of aryl methyl sites for hydroxylation is 1. The number of hydrogen-bond donors (Lipinski definition) is 0. The fraction of sp³-hybridized carbons (Fsp3) is 0.286. The first kappa shape index (κ1) is 16.6. The molecule has 1 heterocycles. The van der Waals surface area contributed by atoms with Crippen LogP contribution < -0.4 is 0 Å². The van der Waals surface area contributed by atoms with Crippen molar-refractivity contribution in [3.63, 3.8) is 0 Å². The van der Waals surface area contributed by atoms with Gasteiger partial charge in [0.15, 0.2) is 4.34 Å². The van der Waals surface area contributed by atoms with Crippen LogP contribution in [0.1, 0.15) is 11.3 Å². The van der Waals surface area contributed by atoms with Crippen LogP contribution in [0.25, 0.3) is 0 Å². The van der Waals surface area contributed by atoms with Crippen LogP contribution in [0.2, 0.25) is 10.0 Å². The number of thiazole rings is 1. The maximum Gasteiger partial charge on any atom is 0.233 e. The van der Waals surface area contributed by atoms with E-state index in [1.165, 1.54) is 11.8 Å². The topological polar surface area (TPSA) is 33.2 Å². The average molecular weight is 361 g/mol. The van der Waals surface area contributed by atoms with Crippen LogP contribution in [0.5, 0.6) is 0 Å². The highest BCUT2D eigenvalue weighted by Gasteiger charge is 2.12. The first-order chi connectivity index (χ1) is 9.95. The second-order valence-corrected chi connectivity index (χ2v) is 7.44. The highest BCUT2D eigenvalue weighted by Crippen LogP contribution is 2.24. The molecule has 0 N–H and O–H groups in total. The van der Waals surface area contributed by atoms with Gasteiger partial charge in [-0.3, -0.25) is 4.79 Å². The molecule has 1 amide bonds. The lowest BCUT2D eigenvalue weighted by Crippen LogP contribution is -2.27. The fourth-order valence-corrected chi connectivity index (χ4v) is 3.74. The predicted octanol–water partition coefficient (Wildman–Crippen LogP) is 4.51. The van der Waals surface area contributed by atoms with Crippen LogP contribution in [-0.2, 0) is 11.3 Å². The van der Waals surface area contributed by atoms with Crippen LogP contribution in [0.4, 0.5) is 0 Å². The predicted molar refractivity (Wildman–Crippen MR) is 90.5 cm³/mol. The largest absolute Gasteiger partial charge is 0.341 e. The molecule has 0 atom stereocenters. The van der Waals surface area contributed by atoms with E-state index in [1.807, 2.05) is 18.4 Å². The Morgan fingerprint density at radius 3 is 2.76 bits per heavy atom. The van der Waals surface area contributed by atoms with Gasteiger partial charge in [-0.2, -0.15) is 0 Å². The van der Waals surface area contributed by atoms with Gasteiger partial charge in [0.1, 0.15) is 0 Å². The van der Waals surface area contributed by atoms with Gasteiger partial charge in [0.25, 0.3) is 0 Å². The Balaban J connectivity index is 1.88. The summed E-state index contributed by atoms with van der Waals surface area (Å²) in [6.45, 7) is 2.45. The Kier molecular flexibility index (Phi) is 5.93. The number of thioether (sulfide) groups is 1. The molecule has 3 nitrogen and oxygen atoms in total. The lowest BCUT2D eigenvalue weighted by Gasteiger charge is -2.17. The molecule has 21 heavy (non-hydrogen) atoms. The van der Waals surface area contributed by atoms with Crippen LogP contribution in [0, 0.1) is 6.92 Å². The molecule has 0 aliphatic rings. The van der Waals surface area contributed by atoms with E-state index in [9.17, 15) is 4.79 Å². The van der Waals surface area contributed by atoms with E-state index in [2.05, 4.69) is 4.98 Å². The third-order valence-corrected chi connectivity index (χ3v) is 5.61. The maximum absolute atomic E-state index is 12.1. The summed E-state index contributed by atoms with van der Waals surface area (Å²) in [6, 6.07) is 5.39. The Bertz CT molecular complexity index is 646. The molecule has 7 heteroatoms. The Morgan fingerprint density at radius 1 is 1.38 bits per heavy atom. The minimum absolute atomic E-state index is 0.0546. The molecule has 1 aromatic carbocycles. The second kappa shape index (κ2) is 7.49. The summed E-state index contributed by atoms with van der Waals surface area (Å²) >= 11 is 14.9. The molecule has 0 saturated carbocycles. The van der Waals surface area contributed by atoms with E-state index in [1.54, 1.807) is 35.4 Å². The molecular weight excluding hydrogens is 347 g/mol. The average Bonchev–Trinajstić information content (AvgIpc) is 2.86. The SMILES string of the molecule is Cc1csc(SCC(=O)N(C)Cc2ccc(Cl)c(Cl)c2)n1. The number of benzene rings is 1. The zero-order chi connectivity index (χ0) is 15.4. The first-order valence-corrected chi connectivity index (χ1v) is 8.80. The van der Waals surface area contributed by atoms with E-state index >= 15 is 0 Å². The molecule has 0 aliphatic carbocycles. The Hall–Kier alpha value is -0.750. The number of nitrogens with zero attached hydrogens (tertiary/aromatic N) is 2. The molecule has 112 valence electrons. The lowest BCUT2D eigenvalue weighted by molar-refractivity contribution is -0.127. The molecule has 0 bridgehead atoms. The van der Waals surface area contributed by atoms with Gasteiger partial charge in [-0.1, -0.05) is 41.0 Å². The molecule has 2 aromatic rings. The number of aromatic nitrogens is 1. The van der Waals surface area contributed by atoms with Crippen LogP contribution in [-0.4, -0.2) is 28.6 Å². The molecule has 1 aromatic heterocycles. The second-order valence-electron chi connectivity index (χ2n) is 4.54. The summed E-state index contributed by atoms with van der Waals surface area (Å²) < 4.78 is 0.920. The van der Waals surface area contributed by atoms with E-state index in [4.69, 9.17) is 23.2 Å². The normalized spacial score (nSPS) is 10.7. The summed E-state index contributed by atoms with van der Waals surface area (Å²) in [6.07, 6.45) is 0. The molecule has 0 aliphatic heterocycles. The van der Waals surface area contributed by atoms with Crippen LogP contribution >= 0.6 is 46.3 Å². The molecule has 0 fully saturated rings. The highest BCUT2D eigenvalue weighted by atomic mass is 35.5. The molecular formula is C14H14Cl2N2OS2. The standard InChI is InChI=1S/C14H14Cl2N2OS2/c1-9-7-20-14(17-9)21-8-13(19)18(2)6-10-3-4-11(15)12(16)5-10/h3-5,7H,6,8H2,1-2H3. The number of halogens is 2. The molecule has 0 spiro atoms. The Morgan fingerprint density at radius 2 is 2.14 bits per heavy atom. The van der Waals surface area contributed by atoms with Gasteiger partial charge in [-0.05, 0) is 24.6 Å². The third-order valence-electron chi connectivity index (χ3n) is 2.75. The fourth-order valence-electron chi connectivity index (χ4n) is 1.63.